The number of hydrogen-bond acceptors (Lipinski definition) is 5. The molecule has 2 N–H and O–H groups in total. The van der Waals surface area contributed by atoms with Crippen molar-refractivity contribution in [3.05, 3.63) is 35.7 Å². The quantitative estimate of drug-likeness (QED) is 0.871. The van der Waals surface area contributed by atoms with E-state index >= 15 is 0 Å². The van der Waals surface area contributed by atoms with Crippen molar-refractivity contribution in [2.75, 3.05) is 13.1 Å². The Bertz CT molecular complexity index is 718. The van der Waals surface area contributed by atoms with E-state index in [1.807, 2.05) is 39.0 Å². The Labute approximate surface area is 154 Å². The van der Waals surface area contributed by atoms with Crippen molar-refractivity contribution in [3.8, 4) is 11.5 Å². The molecule has 1 unspecified atom stereocenters. The van der Waals surface area contributed by atoms with Gasteiger partial charge in [-0.25, -0.2) is 0 Å². The first-order chi connectivity index (χ1) is 11.4. The van der Waals surface area contributed by atoms with E-state index in [0.717, 1.165) is 19.4 Å². The van der Waals surface area contributed by atoms with Gasteiger partial charge in [-0.05, 0) is 31.5 Å². The summed E-state index contributed by atoms with van der Waals surface area (Å²) in [6.45, 7) is 7.72. The van der Waals surface area contributed by atoms with Crippen LogP contribution in [0.25, 0.3) is 11.5 Å². The largest absolute Gasteiger partial charge is 0.350 e. The van der Waals surface area contributed by atoms with Gasteiger partial charge in [0.1, 0.15) is 0 Å². The molecule has 1 aliphatic heterocycles. The highest BCUT2D eigenvalue weighted by molar-refractivity contribution is 5.99. The van der Waals surface area contributed by atoms with Gasteiger partial charge in [0, 0.05) is 18.0 Å². The fourth-order valence-corrected chi connectivity index (χ4v) is 2.75. The zero-order valence-electron chi connectivity index (χ0n) is 14.8. The number of benzene rings is 1. The van der Waals surface area contributed by atoms with Crippen LogP contribution in [0.1, 0.15) is 49.8 Å². The van der Waals surface area contributed by atoms with Gasteiger partial charge in [-0.3, -0.25) is 4.79 Å². The molecule has 6 nitrogen and oxygen atoms in total. The predicted octanol–water partition coefficient (Wildman–Crippen LogP) is 2.94. The van der Waals surface area contributed by atoms with Gasteiger partial charge >= 0.3 is 0 Å². The smallest absolute Gasteiger partial charge is 0.258 e. The Morgan fingerprint density at radius 1 is 1.36 bits per heavy atom. The molecule has 1 amide bonds. The third-order valence-corrected chi connectivity index (χ3v) is 4.17. The fraction of sp³-hybridized carbons (Fsp3) is 0.500. The van der Waals surface area contributed by atoms with Crippen LogP contribution < -0.4 is 10.6 Å². The number of nitrogens with one attached hydrogen (secondary N) is 2. The molecular weight excluding hydrogens is 340 g/mol. The Balaban J connectivity index is 0.00000225. The molecule has 0 aliphatic carbocycles. The zero-order chi connectivity index (χ0) is 17.2. The highest BCUT2D eigenvalue weighted by atomic mass is 35.5. The molecular formula is C18H25ClN4O2. The Morgan fingerprint density at radius 3 is 2.76 bits per heavy atom. The molecule has 0 bridgehead atoms. The molecule has 1 atom stereocenters. The first-order valence-corrected chi connectivity index (χ1v) is 8.40. The molecule has 2 heterocycles. The lowest BCUT2D eigenvalue weighted by Gasteiger charge is -2.12. The van der Waals surface area contributed by atoms with E-state index in [2.05, 4.69) is 20.8 Å². The molecule has 1 fully saturated rings. The maximum atomic E-state index is 12.6. The van der Waals surface area contributed by atoms with Crippen LogP contribution in [0.3, 0.4) is 0 Å². The zero-order valence-corrected chi connectivity index (χ0v) is 15.7. The molecule has 1 aliphatic rings. The summed E-state index contributed by atoms with van der Waals surface area (Å²) < 4.78 is 5.39. The number of amides is 1. The van der Waals surface area contributed by atoms with Gasteiger partial charge in [-0.2, -0.15) is 4.98 Å². The molecule has 25 heavy (non-hydrogen) atoms. The average molecular weight is 365 g/mol. The maximum absolute atomic E-state index is 12.6. The van der Waals surface area contributed by atoms with Crippen molar-refractivity contribution in [2.24, 2.45) is 0 Å². The van der Waals surface area contributed by atoms with E-state index in [-0.39, 0.29) is 23.7 Å². The third kappa shape index (κ3) is 4.58. The monoisotopic (exact) mass is 364 g/mol. The van der Waals surface area contributed by atoms with E-state index in [1.54, 1.807) is 6.07 Å². The van der Waals surface area contributed by atoms with E-state index in [0.29, 0.717) is 35.4 Å². The van der Waals surface area contributed by atoms with Crippen molar-refractivity contribution in [2.45, 2.75) is 45.1 Å². The molecule has 7 heteroatoms. The second-order valence-electron chi connectivity index (χ2n) is 7.22. The van der Waals surface area contributed by atoms with Gasteiger partial charge in [0.05, 0.1) is 11.1 Å². The van der Waals surface area contributed by atoms with Crippen LogP contribution in [0.2, 0.25) is 0 Å². The number of rotatable bonds is 4. The Morgan fingerprint density at radius 2 is 2.12 bits per heavy atom. The summed E-state index contributed by atoms with van der Waals surface area (Å²) in [5, 5.41) is 10.4. The number of aromatic nitrogens is 2. The summed E-state index contributed by atoms with van der Waals surface area (Å²) >= 11 is 0. The summed E-state index contributed by atoms with van der Waals surface area (Å²) in [5.41, 5.74) is 1.02. The summed E-state index contributed by atoms with van der Waals surface area (Å²) in [7, 11) is 0. The SMILES string of the molecule is CC(C)(C)c1noc(-c2ccccc2C(=O)NCC2CCCN2)n1.Cl. The predicted molar refractivity (Wildman–Crippen MR) is 99.0 cm³/mol. The van der Waals surface area contributed by atoms with Crippen molar-refractivity contribution < 1.29 is 9.32 Å². The molecule has 3 rings (SSSR count). The molecule has 1 saturated heterocycles. The average Bonchev–Trinajstić information content (AvgIpc) is 3.23. The molecule has 136 valence electrons. The minimum Gasteiger partial charge on any atom is -0.350 e. The minimum absolute atomic E-state index is 0. The van der Waals surface area contributed by atoms with Crippen molar-refractivity contribution in [1.29, 1.82) is 0 Å². The lowest BCUT2D eigenvalue weighted by atomic mass is 9.96. The van der Waals surface area contributed by atoms with Crippen LogP contribution >= 0.6 is 12.4 Å². The Kier molecular flexibility index (Phi) is 6.19. The fourth-order valence-electron chi connectivity index (χ4n) is 2.75. The van der Waals surface area contributed by atoms with Gasteiger partial charge < -0.3 is 15.2 Å². The molecule has 1 aromatic carbocycles. The highest BCUT2D eigenvalue weighted by Gasteiger charge is 2.24. The lowest BCUT2D eigenvalue weighted by molar-refractivity contribution is 0.0950. The van der Waals surface area contributed by atoms with Crippen molar-refractivity contribution >= 4 is 18.3 Å². The van der Waals surface area contributed by atoms with Crippen LogP contribution in [-0.4, -0.2) is 35.2 Å². The number of nitrogens with zero attached hydrogens (tertiary/aromatic N) is 2. The van der Waals surface area contributed by atoms with E-state index in [9.17, 15) is 4.79 Å². The topological polar surface area (TPSA) is 80.0 Å². The Hall–Kier alpha value is -1.92. The molecule has 0 radical (unpaired) electrons. The van der Waals surface area contributed by atoms with Crippen molar-refractivity contribution in [3.63, 3.8) is 0 Å². The number of carbonyl (C=O) groups excluding carboxylic acids is 1. The van der Waals surface area contributed by atoms with Crippen LogP contribution in [0.5, 0.6) is 0 Å². The van der Waals surface area contributed by atoms with Crippen LogP contribution in [-0.2, 0) is 5.41 Å². The van der Waals surface area contributed by atoms with Gasteiger partial charge in [0.2, 0.25) is 0 Å². The van der Waals surface area contributed by atoms with Crippen LogP contribution in [0.15, 0.2) is 28.8 Å². The third-order valence-electron chi connectivity index (χ3n) is 4.17. The summed E-state index contributed by atoms with van der Waals surface area (Å²) in [4.78, 5) is 17.0. The number of carbonyl (C=O) groups is 1. The van der Waals surface area contributed by atoms with E-state index in [1.165, 1.54) is 0 Å². The number of halogens is 1. The molecule has 0 saturated carbocycles. The van der Waals surface area contributed by atoms with Gasteiger partial charge in [-0.1, -0.05) is 38.1 Å². The minimum atomic E-state index is -0.201. The van der Waals surface area contributed by atoms with Gasteiger partial charge in [0.15, 0.2) is 5.82 Å². The maximum Gasteiger partial charge on any atom is 0.258 e. The van der Waals surface area contributed by atoms with Crippen LogP contribution in [0, 0.1) is 0 Å². The lowest BCUT2D eigenvalue weighted by Crippen LogP contribution is -2.37. The first kappa shape index (κ1) is 19.4. The van der Waals surface area contributed by atoms with Crippen molar-refractivity contribution in [1.82, 2.24) is 20.8 Å². The molecule has 1 aromatic heterocycles. The van der Waals surface area contributed by atoms with Gasteiger partial charge in [0.25, 0.3) is 11.8 Å². The van der Waals surface area contributed by atoms with Crippen LogP contribution in [0.4, 0.5) is 0 Å². The summed E-state index contributed by atoms with van der Waals surface area (Å²) in [6, 6.07) is 7.69. The second kappa shape index (κ2) is 7.97. The van der Waals surface area contributed by atoms with Gasteiger partial charge in [-0.15, -0.1) is 12.4 Å². The summed E-state index contributed by atoms with van der Waals surface area (Å²) in [5.74, 6) is 0.891. The molecule has 2 aromatic rings. The van der Waals surface area contributed by atoms with E-state index < -0.39 is 0 Å². The first-order valence-electron chi connectivity index (χ1n) is 8.40. The number of hydrogen-bond donors (Lipinski definition) is 2. The summed E-state index contributed by atoms with van der Waals surface area (Å²) in [6.07, 6.45) is 2.26. The highest BCUT2D eigenvalue weighted by Crippen LogP contribution is 2.26. The standard InChI is InChI=1S/C18H24N4O2.ClH/c1-18(2,3)17-21-16(24-22-17)14-9-5-4-8-13(14)15(23)20-11-12-7-6-10-19-12;/h4-5,8-9,12,19H,6-7,10-11H2,1-3H3,(H,20,23);1H. The molecule has 0 spiro atoms. The van der Waals surface area contributed by atoms with E-state index in [4.69, 9.17) is 4.52 Å². The second-order valence-corrected chi connectivity index (χ2v) is 7.22. The normalized spacial score (nSPS) is 17.2.